The second-order valence-corrected chi connectivity index (χ2v) is 7.94. The van der Waals surface area contributed by atoms with Crippen LogP contribution in [0.1, 0.15) is 19.8 Å². The SMILES string of the molecule is CN(C)S(=O)(=O)c1ccc(NCC2(C)CCCO2)c(N)c1. The first-order valence-corrected chi connectivity index (χ1v) is 8.38. The van der Waals surface area contributed by atoms with Crippen molar-refractivity contribution in [3.8, 4) is 0 Å². The number of benzene rings is 1. The van der Waals surface area contributed by atoms with Crippen LogP contribution in [0.25, 0.3) is 0 Å². The molecule has 1 unspecified atom stereocenters. The molecule has 1 aliphatic heterocycles. The topological polar surface area (TPSA) is 84.7 Å². The van der Waals surface area contributed by atoms with E-state index in [1.54, 1.807) is 12.1 Å². The van der Waals surface area contributed by atoms with E-state index in [0.29, 0.717) is 12.2 Å². The normalized spacial score (nSPS) is 22.7. The Labute approximate surface area is 126 Å². The van der Waals surface area contributed by atoms with E-state index in [-0.39, 0.29) is 10.5 Å². The highest BCUT2D eigenvalue weighted by molar-refractivity contribution is 7.89. The number of nitrogens with two attached hydrogens (primary N) is 1. The molecule has 0 saturated carbocycles. The van der Waals surface area contributed by atoms with Crippen LogP contribution >= 0.6 is 0 Å². The predicted octanol–water partition coefficient (Wildman–Crippen LogP) is 1.50. The minimum atomic E-state index is -3.46. The number of nitrogens with one attached hydrogen (secondary N) is 1. The van der Waals surface area contributed by atoms with E-state index in [2.05, 4.69) is 12.2 Å². The minimum absolute atomic E-state index is 0.180. The number of sulfonamides is 1. The molecule has 1 saturated heterocycles. The fourth-order valence-corrected chi connectivity index (χ4v) is 3.27. The number of hydrogen-bond donors (Lipinski definition) is 2. The summed E-state index contributed by atoms with van der Waals surface area (Å²) in [5.41, 5.74) is 6.92. The number of nitrogens with zero attached hydrogens (tertiary/aromatic N) is 1. The molecule has 0 bridgehead atoms. The molecule has 118 valence electrons. The third-order valence-electron chi connectivity index (χ3n) is 3.75. The van der Waals surface area contributed by atoms with Crippen molar-refractivity contribution < 1.29 is 13.2 Å². The van der Waals surface area contributed by atoms with Crippen molar-refractivity contribution in [2.24, 2.45) is 0 Å². The highest BCUT2D eigenvalue weighted by atomic mass is 32.2. The van der Waals surface area contributed by atoms with Crippen LogP contribution in [-0.4, -0.2) is 45.6 Å². The van der Waals surface area contributed by atoms with Crippen LogP contribution in [0.2, 0.25) is 0 Å². The van der Waals surface area contributed by atoms with Crippen LogP contribution in [0, 0.1) is 0 Å². The quantitative estimate of drug-likeness (QED) is 0.805. The van der Waals surface area contributed by atoms with Gasteiger partial charge in [-0.3, -0.25) is 0 Å². The summed E-state index contributed by atoms with van der Waals surface area (Å²) >= 11 is 0. The Bertz CT molecular complexity index is 608. The first-order chi connectivity index (χ1) is 9.74. The average molecular weight is 313 g/mol. The standard InChI is InChI=1S/C14H23N3O3S/c1-14(7-4-8-20-14)10-16-13-6-5-11(9-12(13)15)21(18,19)17(2)3/h5-6,9,16H,4,7-8,10,15H2,1-3H3. The lowest BCUT2D eigenvalue weighted by atomic mass is 10.0. The maximum Gasteiger partial charge on any atom is 0.242 e. The summed E-state index contributed by atoms with van der Waals surface area (Å²) in [5.74, 6) is 0. The maximum absolute atomic E-state index is 12.0. The summed E-state index contributed by atoms with van der Waals surface area (Å²) < 4.78 is 31.0. The summed E-state index contributed by atoms with van der Waals surface area (Å²) in [5, 5.41) is 3.24. The van der Waals surface area contributed by atoms with E-state index in [9.17, 15) is 8.42 Å². The Morgan fingerprint density at radius 1 is 1.43 bits per heavy atom. The Morgan fingerprint density at radius 3 is 2.67 bits per heavy atom. The molecule has 1 atom stereocenters. The molecule has 3 N–H and O–H groups in total. The van der Waals surface area contributed by atoms with Gasteiger partial charge in [-0.1, -0.05) is 0 Å². The van der Waals surface area contributed by atoms with Crippen LogP contribution in [0.15, 0.2) is 23.1 Å². The van der Waals surface area contributed by atoms with Crippen molar-refractivity contribution in [1.82, 2.24) is 4.31 Å². The van der Waals surface area contributed by atoms with Crippen LogP contribution in [0.4, 0.5) is 11.4 Å². The molecule has 1 aromatic rings. The monoisotopic (exact) mass is 313 g/mol. The summed E-state index contributed by atoms with van der Waals surface area (Å²) in [6, 6.07) is 4.74. The van der Waals surface area contributed by atoms with Crippen molar-refractivity contribution in [2.75, 3.05) is 38.3 Å². The van der Waals surface area contributed by atoms with Gasteiger partial charge < -0.3 is 15.8 Å². The molecule has 0 amide bonds. The lowest BCUT2D eigenvalue weighted by Crippen LogP contribution is -2.32. The van der Waals surface area contributed by atoms with Gasteiger partial charge in [-0.25, -0.2) is 12.7 Å². The second kappa shape index (κ2) is 5.82. The first-order valence-electron chi connectivity index (χ1n) is 6.94. The van der Waals surface area contributed by atoms with Crippen LogP contribution in [0.3, 0.4) is 0 Å². The smallest absolute Gasteiger partial charge is 0.242 e. The molecular weight excluding hydrogens is 290 g/mol. The molecule has 6 nitrogen and oxygen atoms in total. The molecule has 1 heterocycles. The number of hydrogen-bond acceptors (Lipinski definition) is 5. The zero-order valence-electron chi connectivity index (χ0n) is 12.7. The number of nitrogen functional groups attached to an aromatic ring is 1. The van der Waals surface area contributed by atoms with Crippen LogP contribution in [-0.2, 0) is 14.8 Å². The van der Waals surface area contributed by atoms with Crippen molar-refractivity contribution in [3.05, 3.63) is 18.2 Å². The van der Waals surface area contributed by atoms with E-state index in [4.69, 9.17) is 10.5 Å². The van der Waals surface area contributed by atoms with Gasteiger partial charge in [0.25, 0.3) is 0 Å². The van der Waals surface area contributed by atoms with Gasteiger partial charge in [0.2, 0.25) is 10.0 Å². The molecule has 0 radical (unpaired) electrons. The van der Waals surface area contributed by atoms with E-state index in [1.165, 1.54) is 24.5 Å². The highest BCUT2D eigenvalue weighted by Gasteiger charge is 2.29. The lowest BCUT2D eigenvalue weighted by molar-refractivity contribution is 0.0315. The fraction of sp³-hybridized carbons (Fsp3) is 0.571. The van der Waals surface area contributed by atoms with Gasteiger partial charge in [0, 0.05) is 27.2 Å². The van der Waals surface area contributed by atoms with E-state index >= 15 is 0 Å². The molecular formula is C14H23N3O3S. The highest BCUT2D eigenvalue weighted by Crippen LogP contribution is 2.28. The predicted molar refractivity (Wildman–Crippen MR) is 83.8 cm³/mol. The van der Waals surface area contributed by atoms with Gasteiger partial charge in [0.15, 0.2) is 0 Å². The lowest BCUT2D eigenvalue weighted by Gasteiger charge is -2.24. The van der Waals surface area contributed by atoms with Gasteiger partial charge in [0.1, 0.15) is 0 Å². The largest absolute Gasteiger partial charge is 0.397 e. The Kier molecular flexibility index (Phi) is 4.46. The van der Waals surface area contributed by atoms with Gasteiger partial charge in [0.05, 0.1) is 21.9 Å². The van der Waals surface area contributed by atoms with E-state index < -0.39 is 10.0 Å². The van der Waals surface area contributed by atoms with Gasteiger partial charge in [-0.15, -0.1) is 0 Å². The molecule has 1 aliphatic rings. The Hall–Kier alpha value is -1.31. The summed E-state index contributed by atoms with van der Waals surface area (Å²) in [6.07, 6.45) is 2.07. The first kappa shape index (κ1) is 16.1. The van der Waals surface area contributed by atoms with Crippen molar-refractivity contribution in [1.29, 1.82) is 0 Å². The Balaban J connectivity index is 2.13. The Morgan fingerprint density at radius 2 is 2.14 bits per heavy atom. The molecule has 21 heavy (non-hydrogen) atoms. The molecule has 2 rings (SSSR count). The second-order valence-electron chi connectivity index (χ2n) is 5.79. The molecule has 0 aliphatic carbocycles. The third kappa shape index (κ3) is 3.48. The van der Waals surface area contributed by atoms with Gasteiger partial charge in [-0.2, -0.15) is 0 Å². The summed E-state index contributed by atoms with van der Waals surface area (Å²) in [4.78, 5) is 0.193. The van der Waals surface area contributed by atoms with Crippen LogP contribution < -0.4 is 11.1 Å². The number of rotatable bonds is 5. The van der Waals surface area contributed by atoms with Crippen molar-refractivity contribution in [2.45, 2.75) is 30.3 Å². The van der Waals surface area contributed by atoms with Gasteiger partial charge >= 0.3 is 0 Å². The minimum Gasteiger partial charge on any atom is -0.397 e. The van der Waals surface area contributed by atoms with Crippen LogP contribution in [0.5, 0.6) is 0 Å². The van der Waals surface area contributed by atoms with Crippen molar-refractivity contribution in [3.63, 3.8) is 0 Å². The zero-order valence-corrected chi connectivity index (χ0v) is 13.5. The van der Waals surface area contributed by atoms with E-state index in [0.717, 1.165) is 25.1 Å². The maximum atomic E-state index is 12.0. The molecule has 7 heteroatoms. The molecule has 0 spiro atoms. The summed E-state index contributed by atoms with van der Waals surface area (Å²) in [7, 11) is -0.466. The molecule has 1 fully saturated rings. The summed E-state index contributed by atoms with van der Waals surface area (Å²) in [6.45, 7) is 3.50. The van der Waals surface area contributed by atoms with Gasteiger partial charge in [-0.05, 0) is 38.0 Å². The average Bonchev–Trinajstić information content (AvgIpc) is 2.84. The molecule has 1 aromatic carbocycles. The zero-order chi connectivity index (χ0) is 15.7. The fourth-order valence-electron chi connectivity index (χ4n) is 2.33. The molecule has 0 aromatic heterocycles. The van der Waals surface area contributed by atoms with Crippen molar-refractivity contribution >= 4 is 21.4 Å². The van der Waals surface area contributed by atoms with E-state index in [1.807, 2.05) is 0 Å². The number of ether oxygens (including phenoxy) is 1. The third-order valence-corrected chi connectivity index (χ3v) is 5.57. The number of anilines is 2.